The van der Waals surface area contributed by atoms with E-state index in [1.807, 2.05) is 0 Å². The van der Waals surface area contributed by atoms with E-state index in [9.17, 15) is 0 Å². The van der Waals surface area contributed by atoms with Gasteiger partial charge in [-0.05, 0) is 36.1 Å². The van der Waals surface area contributed by atoms with Crippen LogP contribution in [0.3, 0.4) is 0 Å². The van der Waals surface area contributed by atoms with Crippen LogP contribution in [0.5, 0.6) is 0 Å². The van der Waals surface area contributed by atoms with Crippen LogP contribution in [0.2, 0.25) is 0 Å². The van der Waals surface area contributed by atoms with Gasteiger partial charge in [0.05, 0.1) is 0 Å². The van der Waals surface area contributed by atoms with Crippen molar-refractivity contribution in [2.24, 2.45) is 0 Å². The monoisotopic (exact) mass is 263 g/mol. The topological polar surface area (TPSA) is 12.0 Å². The highest BCUT2D eigenvalue weighted by Crippen LogP contribution is 2.30. The van der Waals surface area contributed by atoms with Crippen LogP contribution in [0, 0.1) is 0 Å². The average Bonchev–Trinajstić information content (AvgIpc) is 2.85. The van der Waals surface area contributed by atoms with Crippen molar-refractivity contribution in [3.63, 3.8) is 0 Å². The first-order chi connectivity index (χ1) is 8.83. The summed E-state index contributed by atoms with van der Waals surface area (Å²) in [6.07, 6.45) is 5.27. The maximum Gasteiger partial charge on any atom is 0.0208 e. The van der Waals surface area contributed by atoms with E-state index in [2.05, 4.69) is 55.2 Å². The Hall–Kier alpha value is -0.470. The first-order valence-electron chi connectivity index (χ1n) is 7.26. The molecule has 0 aromatic heterocycles. The normalized spacial score (nSPS) is 23.4. The fourth-order valence-corrected chi connectivity index (χ4v) is 3.94. The third-order valence-corrected chi connectivity index (χ3v) is 5.16. The molecule has 0 saturated heterocycles. The van der Waals surface area contributed by atoms with E-state index in [1.165, 1.54) is 36.1 Å². The van der Waals surface area contributed by atoms with Gasteiger partial charge < -0.3 is 5.32 Å². The molecular weight excluding hydrogens is 238 g/mol. The molecular formula is C16H25NS. The molecule has 1 nitrogen and oxygen atoms in total. The van der Waals surface area contributed by atoms with E-state index in [4.69, 9.17) is 0 Å². The molecule has 0 radical (unpaired) electrons. The fraction of sp³-hybridized carbons (Fsp3) is 0.625. The predicted molar refractivity (Wildman–Crippen MR) is 82.2 cm³/mol. The Morgan fingerprint density at radius 2 is 1.83 bits per heavy atom. The van der Waals surface area contributed by atoms with Crippen LogP contribution in [0.25, 0.3) is 0 Å². The molecule has 1 saturated carbocycles. The van der Waals surface area contributed by atoms with Gasteiger partial charge in [-0.1, -0.05) is 44.5 Å². The first kappa shape index (κ1) is 14.0. The molecule has 2 heteroatoms. The largest absolute Gasteiger partial charge is 0.309 e. The molecule has 1 aromatic carbocycles. The van der Waals surface area contributed by atoms with Crippen LogP contribution in [0.1, 0.15) is 44.2 Å². The lowest BCUT2D eigenvalue weighted by Crippen LogP contribution is -2.33. The molecule has 1 fully saturated rings. The van der Waals surface area contributed by atoms with Crippen molar-refractivity contribution in [2.45, 2.75) is 57.4 Å². The molecule has 2 unspecified atom stereocenters. The van der Waals surface area contributed by atoms with E-state index in [0.717, 1.165) is 24.3 Å². The third-order valence-electron chi connectivity index (χ3n) is 3.83. The number of benzene rings is 1. The van der Waals surface area contributed by atoms with Crippen LogP contribution in [0.15, 0.2) is 24.3 Å². The van der Waals surface area contributed by atoms with Crippen LogP contribution in [0.4, 0.5) is 0 Å². The minimum atomic E-state index is 0.723. The first-order valence-corrected chi connectivity index (χ1v) is 8.31. The van der Waals surface area contributed by atoms with Gasteiger partial charge in [-0.2, -0.15) is 11.8 Å². The quantitative estimate of drug-likeness (QED) is 0.832. The number of rotatable bonds is 6. The van der Waals surface area contributed by atoms with E-state index in [-0.39, 0.29) is 0 Å². The zero-order chi connectivity index (χ0) is 12.8. The van der Waals surface area contributed by atoms with Crippen molar-refractivity contribution in [1.82, 2.24) is 5.32 Å². The Balaban J connectivity index is 1.82. The molecule has 18 heavy (non-hydrogen) atoms. The molecule has 0 heterocycles. The summed E-state index contributed by atoms with van der Waals surface area (Å²) in [5.41, 5.74) is 2.85. The van der Waals surface area contributed by atoms with Crippen molar-refractivity contribution in [2.75, 3.05) is 5.75 Å². The Morgan fingerprint density at radius 3 is 2.50 bits per heavy atom. The summed E-state index contributed by atoms with van der Waals surface area (Å²) in [6.45, 7) is 5.50. The van der Waals surface area contributed by atoms with Crippen molar-refractivity contribution in [3.05, 3.63) is 35.4 Å². The van der Waals surface area contributed by atoms with E-state index in [0.29, 0.717) is 0 Å². The zero-order valence-corrected chi connectivity index (χ0v) is 12.4. The minimum absolute atomic E-state index is 0.723. The predicted octanol–water partition coefficient (Wildman–Crippen LogP) is 4.01. The van der Waals surface area contributed by atoms with Gasteiger partial charge in [0.1, 0.15) is 0 Å². The van der Waals surface area contributed by atoms with Gasteiger partial charge in [0, 0.05) is 17.8 Å². The van der Waals surface area contributed by atoms with Crippen molar-refractivity contribution >= 4 is 11.8 Å². The lowest BCUT2D eigenvalue weighted by molar-refractivity contribution is 0.532. The summed E-state index contributed by atoms with van der Waals surface area (Å²) >= 11 is 2.13. The van der Waals surface area contributed by atoms with Crippen molar-refractivity contribution < 1.29 is 0 Å². The van der Waals surface area contributed by atoms with Crippen molar-refractivity contribution in [1.29, 1.82) is 0 Å². The summed E-state index contributed by atoms with van der Waals surface area (Å²) in [7, 11) is 0. The zero-order valence-electron chi connectivity index (χ0n) is 11.6. The summed E-state index contributed by atoms with van der Waals surface area (Å²) in [5, 5.41) is 4.59. The van der Waals surface area contributed by atoms with E-state index in [1.54, 1.807) is 0 Å². The lowest BCUT2D eigenvalue weighted by atomic mass is 10.1. The van der Waals surface area contributed by atoms with Crippen LogP contribution in [-0.4, -0.2) is 17.0 Å². The molecule has 1 aromatic rings. The Labute approximate surface area is 116 Å². The molecule has 2 atom stereocenters. The van der Waals surface area contributed by atoms with E-state index < -0.39 is 0 Å². The molecule has 0 amide bonds. The Bertz CT molecular complexity index is 347. The highest BCUT2D eigenvalue weighted by molar-refractivity contribution is 7.99. The number of aryl methyl sites for hydroxylation is 1. The standard InChI is InChI=1S/C16H25NS/c1-3-13-8-10-14(11-9-13)12-17-15-6-5-7-16(15)18-4-2/h8-11,15-17H,3-7,12H2,1-2H3. The van der Waals surface area contributed by atoms with Gasteiger partial charge >= 0.3 is 0 Å². The summed E-state index contributed by atoms with van der Waals surface area (Å²) in [4.78, 5) is 0. The summed E-state index contributed by atoms with van der Waals surface area (Å²) in [5.74, 6) is 1.24. The molecule has 0 spiro atoms. The lowest BCUT2D eigenvalue weighted by Gasteiger charge is -2.20. The molecule has 100 valence electrons. The molecule has 0 bridgehead atoms. The molecule has 1 aliphatic rings. The highest BCUT2D eigenvalue weighted by atomic mass is 32.2. The van der Waals surface area contributed by atoms with Gasteiger partial charge in [-0.25, -0.2) is 0 Å². The van der Waals surface area contributed by atoms with Crippen LogP contribution in [-0.2, 0) is 13.0 Å². The maximum absolute atomic E-state index is 3.75. The molecule has 0 aliphatic heterocycles. The van der Waals surface area contributed by atoms with E-state index >= 15 is 0 Å². The number of hydrogen-bond acceptors (Lipinski definition) is 2. The number of hydrogen-bond donors (Lipinski definition) is 1. The smallest absolute Gasteiger partial charge is 0.0208 e. The molecule has 1 N–H and O–H groups in total. The molecule has 2 rings (SSSR count). The summed E-state index contributed by atoms with van der Waals surface area (Å²) < 4.78 is 0. The third kappa shape index (κ3) is 3.76. The Morgan fingerprint density at radius 1 is 1.11 bits per heavy atom. The Kier molecular flexibility index (Phi) is 5.58. The van der Waals surface area contributed by atoms with Crippen LogP contribution < -0.4 is 5.32 Å². The van der Waals surface area contributed by atoms with Gasteiger partial charge in [0.25, 0.3) is 0 Å². The second-order valence-corrected chi connectivity index (χ2v) is 6.60. The van der Waals surface area contributed by atoms with Crippen molar-refractivity contribution in [3.8, 4) is 0 Å². The fourth-order valence-electron chi connectivity index (χ4n) is 2.71. The average molecular weight is 263 g/mol. The number of nitrogens with one attached hydrogen (secondary N) is 1. The van der Waals surface area contributed by atoms with Crippen LogP contribution >= 0.6 is 11.8 Å². The highest BCUT2D eigenvalue weighted by Gasteiger charge is 2.26. The van der Waals surface area contributed by atoms with Gasteiger partial charge in [-0.3, -0.25) is 0 Å². The van der Waals surface area contributed by atoms with Gasteiger partial charge in [-0.15, -0.1) is 0 Å². The second-order valence-electron chi connectivity index (χ2n) is 5.08. The minimum Gasteiger partial charge on any atom is -0.309 e. The maximum atomic E-state index is 3.75. The number of thioether (sulfide) groups is 1. The van der Waals surface area contributed by atoms with Gasteiger partial charge in [0.15, 0.2) is 0 Å². The summed E-state index contributed by atoms with van der Waals surface area (Å²) in [6, 6.07) is 9.76. The molecule has 1 aliphatic carbocycles. The SMILES string of the molecule is CCSC1CCCC1NCc1ccc(CC)cc1. The second kappa shape index (κ2) is 7.20. The van der Waals surface area contributed by atoms with Gasteiger partial charge in [0.2, 0.25) is 0 Å².